The zero-order valence-corrected chi connectivity index (χ0v) is 38.6. The Bertz CT molecular complexity index is 2470. The lowest BCUT2D eigenvalue weighted by molar-refractivity contribution is -0.0370. The highest BCUT2D eigenvalue weighted by molar-refractivity contribution is 6.30. The number of nitrogens with zero attached hydrogens (tertiary/aromatic N) is 5. The van der Waals surface area contributed by atoms with Gasteiger partial charge in [-0.05, 0) is 88.0 Å². The van der Waals surface area contributed by atoms with Crippen molar-refractivity contribution in [2.24, 2.45) is 0 Å². The quantitative estimate of drug-likeness (QED) is 0.0837. The van der Waals surface area contributed by atoms with Crippen LogP contribution >= 0.6 is 34.8 Å². The van der Waals surface area contributed by atoms with Crippen LogP contribution in [0, 0.1) is 0 Å². The van der Waals surface area contributed by atoms with Crippen molar-refractivity contribution in [3.05, 3.63) is 129 Å². The molecule has 18 nitrogen and oxygen atoms in total. The van der Waals surface area contributed by atoms with E-state index >= 15 is 0 Å². The molecule has 6 N–H and O–H groups in total. The number of carbonyl (C=O) groups excluding carboxylic acids is 4. The number of hydrogen-bond donors (Lipinski definition) is 5. The largest absolute Gasteiger partial charge is 0.445 e. The first-order chi connectivity index (χ1) is 31.5. The standard InChI is InChI=1S/C19H18ClN3O4.C11H13N3O2.C10H13ClN2O2.C5H5ClN2/c20-15-7-6-14-16(21-15)22-17(24)27-19(14)8-10-23(11-9-19)18(25)26-12-13-4-2-1-3-5-13;15-10-14-9-8(2-1-5-13-9)11(16-10)3-6-12-7-4-11;1-10(2,3)15-9(14)13-8-6-4-5-7(11)12-8;6-4-2-1-3-5(7)8-4/h1-7H,8-12H2,(H,21,22,24);1-2,5,12H,3-4,6-7H2,(H,13,14,15);4-6H,1-3H3,(H,12,13,14);1-3H,(H2,7,8). The molecular weight excluding hydrogens is 915 g/mol. The molecule has 4 amide bonds. The Morgan fingerprint density at radius 3 is 1.97 bits per heavy atom. The van der Waals surface area contributed by atoms with Crippen molar-refractivity contribution in [3.8, 4) is 0 Å². The number of anilines is 4. The van der Waals surface area contributed by atoms with Gasteiger partial charge in [0.25, 0.3) is 0 Å². The SMILES string of the molecule is CC(C)(C)OC(=O)Nc1cccc(Cl)n1.Nc1cccc(Cl)n1.O=C1Nc2nc(Cl)ccc2C2(CCN(C(=O)OCc3ccccc3)CC2)O1.O=C1Nc2ncccc2C2(CCNCC2)O1. The normalized spacial score (nSPS) is 16.2. The summed E-state index contributed by atoms with van der Waals surface area (Å²) in [4.78, 5) is 64.8. The van der Waals surface area contributed by atoms with E-state index in [-0.39, 0.29) is 12.7 Å². The Kier molecular flexibility index (Phi) is 16.4. The molecule has 348 valence electrons. The van der Waals surface area contributed by atoms with Gasteiger partial charge in [-0.15, -0.1) is 0 Å². The summed E-state index contributed by atoms with van der Waals surface area (Å²) in [6, 6.07) is 26.9. The average Bonchev–Trinajstić information content (AvgIpc) is 3.26. The molecule has 21 heteroatoms. The number of fused-ring (bicyclic) bond motifs is 4. The fraction of sp³-hybridized carbons (Fsp3) is 0.333. The number of likely N-dealkylation sites (tertiary alicyclic amines) is 1. The fourth-order valence-corrected chi connectivity index (χ4v) is 7.71. The molecule has 66 heavy (non-hydrogen) atoms. The molecule has 0 unspecified atom stereocenters. The van der Waals surface area contributed by atoms with Gasteiger partial charge in [-0.1, -0.05) is 77.3 Å². The van der Waals surface area contributed by atoms with Crippen molar-refractivity contribution >= 4 is 82.4 Å². The van der Waals surface area contributed by atoms with Crippen LogP contribution < -0.4 is 27.0 Å². The van der Waals surface area contributed by atoms with E-state index in [4.69, 9.17) is 59.5 Å². The number of hydrogen-bond acceptors (Lipinski definition) is 14. The first-order valence-electron chi connectivity index (χ1n) is 20.8. The van der Waals surface area contributed by atoms with Crippen LogP contribution in [-0.4, -0.2) is 81.0 Å². The van der Waals surface area contributed by atoms with Gasteiger partial charge in [-0.25, -0.2) is 39.1 Å². The maximum Gasteiger partial charge on any atom is 0.413 e. The Morgan fingerprint density at radius 2 is 1.35 bits per heavy atom. The van der Waals surface area contributed by atoms with Gasteiger partial charge in [-0.3, -0.25) is 16.0 Å². The van der Waals surface area contributed by atoms with Crippen LogP contribution in [-0.2, 0) is 36.8 Å². The van der Waals surface area contributed by atoms with Gasteiger partial charge in [0.15, 0.2) is 0 Å². The summed E-state index contributed by atoms with van der Waals surface area (Å²) in [7, 11) is 0. The topological polar surface area (TPSA) is 234 Å². The molecule has 0 aliphatic carbocycles. The number of carbonyl (C=O) groups is 4. The number of halogens is 3. The van der Waals surface area contributed by atoms with Gasteiger partial charge >= 0.3 is 24.4 Å². The summed E-state index contributed by atoms with van der Waals surface area (Å²) in [5, 5.41) is 12.0. The smallest absolute Gasteiger partial charge is 0.413 e. The number of amides is 4. The van der Waals surface area contributed by atoms with E-state index < -0.39 is 35.1 Å². The summed E-state index contributed by atoms with van der Waals surface area (Å²) in [6.45, 7) is 8.16. The lowest BCUT2D eigenvalue weighted by Gasteiger charge is -2.43. The second-order valence-corrected chi connectivity index (χ2v) is 17.2. The van der Waals surface area contributed by atoms with Crippen molar-refractivity contribution < 1.29 is 38.1 Å². The van der Waals surface area contributed by atoms with Crippen LogP contribution in [0.15, 0.2) is 97.2 Å². The van der Waals surface area contributed by atoms with Gasteiger partial charge in [0, 0.05) is 56.1 Å². The summed E-state index contributed by atoms with van der Waals surface area (Å²) in [6.07, 6.45) is 2.36. The van der Waals surface area contributed by atoms with E-state index in [1.165, 1.54) is 0 Å². The Hall–Kier alpha value is -6.47. The molecule has 4 aromatic heterocycles. The highest BCUT2D eigenvalue weighted by Gasteiger charge is 2.46. The van der Waals surface area contributed by atoms with Gasteiger partial charge < -0.3 is 34.9 Å². The van der Waals surface area contributed by atoms with E-state index in [1.807, 2.05) is 48.5 Å². The number of piperidine rings is 2. The summed E-state index contributed by atoms with van der Waals surface area (Å²) < 4.78 is 21.6. The minimum absolute atomic E-state index is 0.228. The molecule has 0 atom stereocenters. The number of nitrogens with two attached hydrogens (primary N) is 1. The van der Waals surface area contributed by atoms with Crippen molar-refractivity contribution in [1.82, 2.24) is 30.2 Å². The van der Waals surface area contributed by atoms with E-state index in [1.54, 1.807) is 74.3 Å². The summed E-state index contributed by atoms with van der Waals surface area (Å²) >= 11 is 17.0. The molecule has 4 aliphatic heterocycles. The molecule has 8 heterocycles. The maximum atomic E-state index is 12.4. The predicted molar refractivity (Wildman–Crippen MR) is 249 cm³/mol. The predicted octanol–water partition coefficient (Wildman–Crippen LogP) is 9.55. The number of rotatable bonds is 3. The fourth-order valence-electron chi connectivity index (χ4n) is 7.22. The third kappa shape index (κ3) is 13.8. The molecule has 0 saturated carbocycles. The number of benzene rings is 1. The minimum Gasteiger partial charge on any atom is -0.445 e. The Morgan fingerprint density at radius 1 is 0.742 bits per heavy atom. The van der Waals surface area contributed by atoms with Crippen LogP contribution in [0.4, 0.5) is 42.4 Å². The van der Waals surface area contributed by atoms with Crippen LogP contribution in [0.2, 0.25) is 15.5 Å². The van der Waals surface area contributed by atoms with E-state index in [0.717, 1.165) is 42.6 Å². The third-order valence-electron chi connectivity index (χ3n) is 10.2. The first kappa shape index (κ1) is 49.0. The highest BCUT2D eigenvalue weighted by Crippen LogP contribution is 2.44. The van der Waals surface area contributed by atoms with Crippen LogP contribution in [0.5, 0.6) is 0 Å². The number of aromatic nitrogens is 4. The molecular formula is C45H49Cl3N10O8. The zero-order chi connectivity index (χ0) is 47.3. The molecule has 0 radical (unpaired) electrons. The van der Waals surface area contributed by atoms with Gasteiger partial charge in [-0.2, -0.15) is 0 Å². The number of pyridine rings is 4. The minimum atomic E-state index is -0.800. The monoisotopic (exact) mass is 962 g/mol. The molecule has 4 aliphatic rings. The first-order valence-corrected chi connectivity index (χ1v) is 21.9. The molecule has 9 rings (SSSR count). The lowest BCUT2D eigenvalue weighted by Crippen LogP contribution is -2.50. The van der Waals surface area contributed by atoms with Crippen LogP contribution in [0.1, 0.15) is 63.1 Å². The Balaban J connectivity index is 0.000000158. The van der Waals surface area contributed by atoms with Crippen LogP contribution in [0.3, 0.4) is 0 Å². The summed E-state index contributed by atoms with van der Waals surface area (Å²) in [5.74, 6) is 1.88. The zero-order valence-electron chi connectivity index (χ0n) is 36.3. The number of nitrogens with one attached hydrogen (secondary N) is 4. The second kappa shape index (κ2) is 22.1. The highest BCUT2D eigenvalue weighted by atomic mass is 35.5. The third-order valence-corrected chi connectivity index (χ3v) is 10.8. The molecule has 5 aromatic rings. The summed E-state index contributed by atoms with van der Waals surface area (Å²) in [5.41, 5.74) is 6.17. The van der Waals surface area contributed by atoms with Crippen molar-refractivity contribution in [3.63, 3.8) is 0 Å². The van der Waals surface area contributed by atoms with Gasteiger partial charge in [0.05, 0.1) is 0 Å². The molecule has 2 fully saturated rings. The van der Waals surface area contributed by atoms with E-state index in [0.29, 0.717) is 64.7 Å². The Labute approximate surface area is 396 Å². The maximum absolute atomic E-state index is 12.4. The number of ether oxygens (including phenoxy) is 4. The molecule has 1 aromatic carbocycles. The van der Waals surface area contributed by atoms with E-state index in [2.05, 4.69) is 41.2 Å². The molecule has 2 spiro atoms. The molecule has 0 bridgehead atoms. The number of nitrogen functional groups attached to an aromatic ring is 1. The lowest BCUT2D eigenvalue weighted by atomic mass is 9.83. The second-order valence-electron chi connectivity index (χ2n) is 16.1. The van der Waals surface area contributed by atoms with Crippen molar-refractivity contribution in [1.29, 1.82) is 0 Å². The van der Waals surface area contributed by atoms with Gasteiger partial charge in [0.1, 0.15) is 62.1 Å². The average molecular weight is 964 g/mol. The van der Waals surface area contributed by atoms with Gasteiger partial charge in [0.2, 0.25) is 0 Å². The molecule has 2 saturated heterocycles. The van der Waals surface area contributed by atoms with Crippen molar-refractivity contribution in [2.75, 3.05) is 47.9 Å². The van der Waals surface area contributed by atoms with Crippen LogP contribution in [0.25, 0.3) is 0 Å². The van der Waals surface area contributed by atoms with E-state index in [9.17, 15) is 19.2 Å². The van der Waals surface area contributed by atoms with Crippen molar-refractivity contribution in [2.45, 2.75) is 69.9 Å².